The lowest BCUT2D eigenvalue weighted by Crippen LogP contribution is -2.42. The molecule has 0 aliphatic carbocycles. The number of aromatic amines is 1. The normalized spacial score (nSPS) is 11.3. The third-order valence-electron chi connectivity index (χ3n) is 1.17. The molecule has 1 heterocycles. The van der Waals surface area contributed by atoms with Gasteiger partial charge in [0.05, 0.1) is 6.20 Å². The number of nitrogens with zero attached hydrogens (tertiary/aromatic N) is 2. The Balaban J connectivity index is 3.01. The van der Waals surface area contributed by atoms with Gasteiger partial charge in [-0.2, -0.15) is 10.00 Å². The molecule has 0 unspecified atom stereocenters. The lowest BCUT2D eigenvalue weighted by atomic mass is 10.6. The third kappa shape index (κ3) is 1.89. The molecule has 0 aromatic carbocycles. The van der Waals surface area contributed by atoms with E-state index in [0.717, 1.165) is 12.3 Å². The van der Waals surface area contributed by atoms with E-state index < -0.39 is 23.1 Å². The number of alkyl halides is 3. The van der Waals surface area contributed by atoms with Crippen molar-refractivity contribution in [3.8, 4) is 0 Å². The number of hydrogen-bond acceptors (Lipinski definition) is 2. The van der Waals surface area contributed by atoms with Crippen molar-refractivity contribution >= 4 is 11.9 Å². The highest BCUT2D eigenvalue weighted by atomic mass is 19.4. The number of anilines is 1. The molecule has 72 valence electrons. The Kier molecular flexibility index (Phi) is 2.13. The SMILES string of the molecule is O=C(O)N(c1ccn[nH]1)C(F)(F)F. The van der Waals surface area contributed by atoms with Gasteiger partial charge in [0.1, 0.15) is 5.82 Å². The van der Waals surface area contributed by atoms with E-state index in [1.54, 1.807) is 0 Å². The molecule has 0 radical (unpaired) electrons. The maximum Gasteiger partial charge on any atom is 0.495 e. The number of carbonyl (C=O) groups is 1. The highest BCUT2D eigenvalue weighted by Gasteiger charge is 2.43. The molecule has 1 amide bonds. The van der Waals surface area contributed by atoms with Gasteiger partial charge in [-0.05, 0) is 0 Å². The van der Waals surface area contributed by atoms with Crippen molar-refractivity contribution in [1.29, 1.82) is 0 Å². The van der Waals surface area contributed by atoms with Crippen LogP contribution < -0.4 is 4.90 Å². The molecule has 0 fully saturated rings. The zero-order valence-corrected chi connectivity index (χ0v) is 6.04. The summed E-state index contributed by atoms with van der Waals surface area (Å²) >= 11 is 0. The summed E-state index contributed by atoms with van der Waals surface area (Å²) in [7, 11) is 0. The van der Waals surface area contributed by atoms with E-state index in [1.165, 1.54) is 0 Å². The van der Waals surface area contributed by atoms with E-state index in [1.807, 2.05) is 5.10 Å². The lowest BCUT2D eigenvalue weighted by molar-refractivity contribution is -0.124. The molecule has 0 saturated heterocycles. The fourth-order valence-electron chi connectivity index (χ4n) is 0.721. The number of rotatable bonds is 1. The van der Waals surface area contributed by atoms with E-state index in [0.29, 0.717) is 0 Å². The van der Waals surface area contributed by atoms with E-state index in [4.69, 9.17) is 5.11 Å². The topological polar surface area (TPSA) is 69.2 Å². The van der Waals surface area contributed by atoms with Crippen LogP contribution in [0.3, 0.4) is 0 Å². The number of hydrogen-bond donors (Lipinski definition) is 2. The van der Waals surface area contributed by atoms with Gasteiger partial charge in [-0.3, -0.25) is 5.10 Å². The molecule has 0 aliphatic heterocycles. The van der Waals surface area contributed by atoms with Crippen molar-refractivity contribution in [3.05, 3.63) is 12.3 Å². The number of halogens is 3. The first kappa shape index (κ1) is 9.36. The fourth-order valence-corrected chi connectivity index (χ4v) is 0.721. The van der Waals surface area contributed by atoms with Crippen molar-refractivity contribution in [2.45, 2.75) is 6.30 Å². The van der Waals surface area contributed by atoms with Crippen molar-refractivity contribution in [3.63, 3.8) is 0 Å². The van der Waals surface area contributed by atoms with E-state index in [2.05, 4.69) is 5.10 Å². The van der Waals surface area contributed by atoms with Gasteiger partial charge >= 0.3 is 12.4 Å². The molecule has 1 aromatic rings. The summed E-state index contributed by atoms with van der Waals surface area (Å²) < 4.78 is 36.1. The third-order valence-corrected chi connectivity index (χ3v) is 1.17. The molecule has 1 aromatic heterocycles. The highest BCUT2D eigenvalue weighted by Crippen LogP contribution is 2.26. The predicted molar refractivity (Wildman–Crippen MR) is 35.1 cm³/mol. The number of H-pyrrole nitrogens is 1. The Morgan fingerprint density at radius 3 is 2.54 bits per heavy atom. The van der Waals surface area contributed by atoms with Gasteiger partial charge in [-0.25, -0.2) is 4.79 Å². The molecular formula is C5H4F3N3O2. The van der Waals surface area contributed by atoms with Crippen LogP contribution in [0.5, 0.6) is 0 Å². The Hall–Kier alpha value is -1.73. The summed E-state index contributed by atoms with van der Waals surface area (Å²) in [6.45, 7) is 0. The largest absolute Gasteiger partial charge is 0.495 e. The van der Waals surface area contributed by atoms with Gasteiger partial charge < -0.3 is 5.11 Å². The van der Waals surface area contributed by atoms with Gasteiger partial charge in [0.25, 0.3) is 0 Å². The maximum absolute atomic E-state index is 12.0. The number of nitrogens with one attached hydrogen (secondary N) is 1. The van der Waals surface area contributed by atoms with Crippen molar-refractivity contribution in [1.82, 2.24) is 10.2 Å². The second-order valence-electron chi connectivity index (χ2n) is 2.03. The zero-order chi connectivity index (χ0) is 10.1. The van der Waals surface area contributed by atoms with Crippen LogP contribution in [0, 0.1) is 0 Å². The second kappa shape index (κ2) is 2.96. The fraction of sp³-hybridized carbons (Fsp3) is 0.200. The average Bonchev–Trinajstić information content (AvgIpc) is 2.34. The first-order valence-electron chi connectivity index (χ1n) is 3.02. The number of carboxylic acid groups (broad SMARTS) is 1. The highest BCUT2D eigenvalue weighted by molar-refractivity contribution is 5.85. The standard InChI is InChI=1S/C5H4F3N3O2/c6-5(7,8)11(4(12)13)3-1-2-9-10-3/h1-2H,(H,9,10)(H,12,13). The first-order chi connectivity index (χ1) is 5.93. The van der Waals surface area contributed by atoms with E-state index in [-0.39, 0.29) is 0 Å². The molecule has 1 rings (SSSR count). The predicted octanol–water partition coefficient (Wildman–Crippen LogP) is 1.41. The van der Waals surface area contributed by atoms with Gasteiger partial charge in [0.15, 0.2) is 0 Å². The van der Waals surface area contributed by atoms with Crippen LogP contribution in [0.2, 0.25) is 0 Å². The summed E-state index contributed by atoms with van der Waals surface area (Å²) in [5, 5.41) is 13.3. The number of aromatic nitrogens is 2. The molecule has 2 N–H and O–H groups in total. The Labute approximate surface area is 69.8 Å². The summed E-state index contributed by atoms with van der Waals surface area (Å²) in [4.78, 5) is 9.44. The van der Waals surface area contributed by atoms with Crippen molar-refractivity contribution < 1.29 is 23.1 Å². The molecule has 0 atom stereocenters. The second-order valence-corrected chi connectivity index (χ2v) is 2.03. The summed E-state index contributed by atoms with van der Waals surface area (Å²) in [5.74, 6) is -0.639. The van der Waals surface area contributed by atoms with Crippen LogP contribution >= 0.6 is 0 Å². The molecule has 0 bridgehead atoms. The molecule has 8 heteroatoms. The Bertz CT molecular complexity index is 294. The summed E-state index contributed by atoms with van der Waals surface area (Å²) in [6, 6.07) is 0.904. The van der Waals surface area contributed by atoms with Crippen LogP contribution in [0.15, 0.2) is 12.3 Å². The monoisotopic (exact) mass is 195 g/mol. The van der Waals surface area contributed by atoms with Crippen LogP contribution in [0.25, 0.3) is 0 Å². The summed E-state index contributed by atoms with van der Waals surface area (Å²) in [5.41, 5.74) is 0. The molecule has 5 nitrogen and oxygen atoms in total. The number of amides is 1. The first-order valence-corrected chi connectivity index (χ1v) is 3.02. The van der Waals surface area contributed by atoms with Gasteiger partial charge in [-0.15, -0.1) is 13.2 Å². The van der Waals surface area contributed by atoms with Gasteiger partial charge in [-0.1, -0.05) is 0 Å². The van der Waals surface area contributed by atoms with Crippen LogP contribution in [0.4, 0.5) is 23.8 Å². The summed E-state index contributed by atoms with van der Waals surface area (Å²) in [6.07, 6.45) is -6.06. The minimum Gasteiger partial charge on any atom is -0.464 e. The van der Waals surface area contributed by atoms with E-state index in [9.17, 15) is 18.0 Å². The minimum atomic E-state index is -4.97. The minimum absolute atomic E-state index is 0.639. The van der Waals surface area contributed by atoms with E-state index >= 15 is 0 Å². The lowest BCUT2D eigenvalue weighted by Gasteiger charge is -2.19. The molecule has 13 heavy (non-hydrogen) atoms. The zero-order valence-electron chi connectivity index (χ0n) is 6.04. The maximum atomic E-state index is 12.0. The van der Waals surface area contributed by atoms with Crippen LogP contribution in [0.1, 0.15) is 0 Å². The Morgan fingerprint density at radius 2 is 2.23 bits per heavy atom. The molecule has 0 saturated carbocycles. The smallest absolute Gasteiger partial charge is 0.464 e. The molecule has 0 spiro atoms. The van der Waals surface area contributed by atoms with Gasteiger partial charge in [0.2, 0.25) is 0 Å². The van der Waals surface area contributed by atoms with Crippen LogP contribution in [-0.4, -0.2) is 27.7 Å². The molecule has 0 aliphatic rings. The van der Waals surface area contributed by atoms with Crippen molar-refractivity contribution in [2.24, 2.45) is 0 Å². The van der Waals surface area contributed by atoms with Crippen LogP contribution in [-0.2, 0) is 0 Å². The Morgan fingerprint density at radius 1 is 1.62 bits per heavy atom. The van der Waals surface area contributed by atoms with Crippen molar-refractivity contribution in [2.75, 3.05) is 4.90 Å². The average molecular weight is 195 g/mol. The van der Waals surface area contributed by atoms with Gasteiger partial charge in [0, 0.05) is 6.07 Å². The molecular weight excluding hydrogens is 191 g/mol. The quantitative estimate of drug-likeness (QED) is 0.665.